The van der Waals surface area contributed by atoms with Gasteiger partial charge in [0.1, 0.15) is 6.10 Å². The second-order valence-electron chi connectivity index (χ2n) is 10.0. The number of carbonyl (C=O) groups excluding carboxylic acids is 2. The van der Waals surface area contributed by atoms with Gasteiger partial charge in [-0.25, -0.2) is 9.59 Å². The van der Waals surface area contributed by atoms with Crippen LogP contribution >= 0.6 is 0 Å². The third kappa shape index (κ3) is 8.38. The molecule has 6 atom stereocenters. The van der Waals surface area contributed by atoms with Crippen LogP contribution in [0.15, 0.2) is 60.7 Å². The summed E-state index contributed by atoms with van der Waals surface area (Å²) in [6.07, 6.45) is 0.461. The van der Waals surface area contributed by atoms with E-state index < -0.39 is 12.1 Å². The molecule has 1 saturated carbocycles. The molecule has 7 heteroatoms. The van der Waals surface area contributed by atoms with Gasteiger partial charge >= 0.3 is 11.9 Å². The molecule has 0 heterocycles. The SMILES string of the molecule is CCCOCCOCCOC1C(C)C(C)C(OC(=O)c2ccccc2)C(COC(=O)c2ccccc2)C1C. The van der Waals surface area contributed by atoms with Crippen LogP contribution in [0.2, 0.25) is 0 Å². The maximum Gasteiger partial charge on any atom is 0.338 e. The topological polar surface area (TPSA) is 80.3 Å². The van der Waals surface area contributed by atoms with Gasteiger partial charge in [0, 0.05) is 12.5 Å². The highest BCUT2D eigenvalue weighted by molar-refractivity contribution is 5.90. The van der Waals surface area contributed by atoms with Crippen molar-refractivity contribution in [3.63, 3.8) is 0 Å². The molecule has 3 rings (SSSR count). The summed E-state index contributed by atoms with van der Waals surface area (Å²) in [5.74, 6) is -0.908. The maximum atomic E-state index is 13.0. The maximum absolute atomic E-state index is 13.0. The molecule has 0 amide bonds. The van der Waals surface area contributed by atoms with Crippen molar-refractivity contribution in [1.29, 1.82) is 0 Å². The molecule has 0 radical (unpaired) electrons. The molecule has 2 aromatic rings. The summed E-state index contributed by atoms with van der Waals surface area (Å²) in [6, 6.07) is 17.9. The van der Waals surface area contributed by atoms with Gasteiger partial charge in [-0.2, -0.15) is 0 Å². The second-order valence-corrected chi connectivity index (χ2v) is 10.0. The van der Waals surface area contributed by atoms with E-state index in [1.165, 1.54) is 0 Å². The molecular weight excluding hydrogens is 484 g/mol. The van der Waals surface area contributed by atoms with E-state index in [0.717, 1.165) is 13.0 Å². The third-order valence-electron chi connectivity index (χ3n) is 7.41. The quantitative estimate of drug-likeness (QED) is 0.240. The van der Waals surface area contributed by atoms with Crippen molar-refractivity contribution in [2.45, 2.75) is 46.3 Å². The van der Waals surface area contributed by atoms with Crippen LogP contribution in [-0.2, 0) is 23.7 Å². The Morgan fingerprint density at radius 2 is 1.18 bits per heavy atom. The highest BCUT2D eigenvalue weighted by Gasteiger charge is 2.48. The number of hydrogen-bond donors (Lipinski definition) is 0. The van der Waals surface area contributed by atoms with Gasteiger partial charge in [0.25, 0.3) is 0 Å². The normalized spacial score (nSPS) is 25.1. The highest BCUT2D eigenvalue weighted by atomic mass is 16.6. The zero-order chi connectivity index (χ0) is 27.3. The predicted molar refractivity (Wildman–Crippen MR) is 145 cm³/mol. The fourth-order valence-corrected chi connectivity index (χ4v) is 5.06. The first-order valence-corrected chi connectivity index (χ1v) is 13.7. The van der Waals surface area contributed by atoms with Crippen LogP contribution in [0, 0.1) is 23.7 Å². The Bertz CT molecular complexity index is 965. The van der Waals surface area contributed by atoms with Crippen LogP contribution in [0.25, 0.3) is 0 Å². The highest BCUT2D eigenvalue weighted by Crippen LogP contribution is 2.42. The Balaban J connectivity index is 1.67. The molecule has 6 unspecified atom stereocenters. The van der Waals surface area contributed by atoms with Crippen molar-refractivity contribution in [3.05, 3.63) is 71.8 Å². The van der Waals surface area contributed by atoms with E-state index in [9.17, 15) is 9.59 Å². The average Bonchev–Trinajstić information content (AvgIpc) is 2.95. The molecule has 1 aliphatic rings. The first-order chi connectivity index (χ1) is 18.4. The van der Waals surface area contributed by atoms with Crippen LogP contribution in [0.3, 0.4) is 0 Å². The minimum atomic E-state index is -0.428. The molecule has 7 nitrogen and oxygen atoms in total. The molecule has 0 bridgehead atoms. The molecule has 208 valence electrons. The zero-order valence-electron chi connectivity index (χ0n) is 23.0. The molecule has 1 aliphatic carbocycles. The molecule has 0 aromatic heterocycles. The van der Waals surface area contributed by atoms with Crippen LogP contribution in [0.1, 0.15) is 54.8 Å². The molecule has 0 N–H and O–H groups in total. The molecule has 0 aliphatic heterocycles. The predicted octanol–water partition coefficient (Wildman–Crippen LogP) is 5.44. The number of esters is 2. The van der Waals surface area contributed by atoms with Crippen LogP contribution in [0.5, 0.6) is 0 Å². The lowest BCUT2D eigenvalue weighted by molar-refractivity contribution is -0.148. The van der Waals surface area contributed by atoms with Crippen molar-refractivity contribution >= 4 is 11.9 Å². The van der Waals surface area contributed by atoms with Gasteiger partial charge in [0.2, 0.25) is 0 Å². The fraction of sp³-hybridized carbons (Fsp3) is 0.548. The summed E-state index contributed by atoms with van der Waals surface area (Å²) in [6.45, 7) is 11.2. The lowest BCUT2D eigenvalue weighted by Gasteiger charge is -2.47. The van der Waals surface area contributed by atoms with Gasteiger partial charge in [0.15, 0.2) is 0 Å². The fourth-order valence-electron chi connectivity index (χ4n) is 5.06. The van der Waals surface area contributed by atoms with E-state index >= 15 is 0 Å². The Morgan fingerprint density at radius 3 is 1.79 bits per heavy atom. The summed E-state index contributed by atoms with van der Waals surface area (Å²) in [7, 11) is 0. The van der Waals surface area contributed by atoms with Crippen molar-refractivity contribution in [3.8, 4) is 0 Å². The van der Waals surface area contributed by atoms with Crippen molar-refractivity contribution in [2.75, 3.05) is 39.6 Å². The van der Waals surface area contributed by atoms with Crippen LogP contribution < -0.4 is 0 Å². The third-order valence-corrected chi connectivity index (χ3v) is 7.41. The molecule has 38 heavy (non-hydrogen) atoms. The van der Waals surface area contributed by atoms with Crippen molar-refractivity contribution < 1.29 is 33.3 Å². The minimum absolute atomic E-state index is 0.00680. The lowest BCUT2D eigenvalue weighted by Crippen LogP contribution is -2.53. The molecule has 0 saturated heterocycles. The summed E-state index contributed by atoms with van der Waals surface area (Å²) in [5, 5.41) is 0. The van der Waals surface area contributed by atoms with Crippen LogP contribution in [-0.4, -0.2) is 63.8 Å². The second kappa shape index (κ2) is 15.6. The number of ether oxygens (including phenoxy) is 5. The van der Waals surface area contributed by atoms with Crippen molar-refractivity contribution in [2.24, 2.45) is 23.7 Å². The van der Waals surface area contributed by atoms with Gasteiger partial charge in [0.05, 0.1) is 50.3 Å². The van der Waals surface area contributed by atoms with Gasteiger partial charge in [-0.3, -0.25) is 0 Å². The lowest BCUT2D eigenvalue weighted by atomic mass is 9.66. The van der Waals surface area contributed by atoms with E-state index in [4.69, 9.17) is 23.7 Å². The van der Waals surface area contributed by atoms with Gasteiger partial charge < -0.3 is 23.7 Å². The Hall–Kier alpha value is -2.74. The van der Waals surface area contributed by atoms with E-state index in [-0.39, 0.29) is 42.4 Å². The Kier molecular flexibility index (Phi) is 12.3. The van der Waals surface area contributed by atoms with E-state index in [1.54, 1.807) is 36.4 Å². The number of benzene rings is 2. The molecule has 0 spiro atoms. The summed E-state index contributed by atoms with van der Waals surface area (Å²) >= 11 is 0. The first kappa shape index (κ1) is 29.8. The van der Waals surface area contributed by atoms with E-state index in [2.05, 4.69) is 27.7 Å². The first-order valence-electron chi connectivity index (χ1n) is 13.7. The van der Waals surface area contributed by atoms with E-state index in [0.29, 0.717) is 37.6 Å². The summed E-state index contributed by atoms with van der Waals surface area (Å²) in [4.78, 5) is 25.7. The Labute approximate surface area is 226 Å². The van der Waals surface area contributed by atoms with Gasteiger partial charge in [-0.1, -0.05) is 64.1 Å². The minimum Gasteiger partial charge on any atom is -0.462 e. The van der Waals surface area contributed by atoms with Gasteiger partial charge in [-0.05, 0) is 48.4 Å². The largest absolute Gasteiger partial charge is 0.462 e. The number of rotatable bonds is 14. The standard InChI is InChI=1S/C31H42O7/c1-5-16-34-17-18-35-19-20-36-28-22(2)23(3)29(38-31(33)26-14-10-7-11-15-26)27(24(28)4)21-37-30(32)25-12-8-6-9-13-25/h6-15,22-24,27-29H,5,16-21H2,1-4H3. The number of hydrogen-bond acceptors (Lipinski definition) is 7. The average molecular weight is 527 g/mol. The zero-order valence-corrected chi connectivity index (χ0v) is 23.0. The summed E-state index contributed by atoms with van der Waals surface area (Å²) in [5.41, 5.74) is 0.988. The molecule has 2 aromatic carbocycles. The van der Waals surface area contributed by atoms with Crippen molar-refractivity contribution in [1.82, 2.24) is 0 Å². The van der Waals surface area contributed by atoms with Gasteiger partial charge in [-0.15, -0.1) is 0 Å². The molecule has 1 fully saturated rings. The smallest absolute Gasteiger partial charge is 0.338 e. The molecular formula is C31H42O7. The summed E-state index contributed by atoms with van der Waals surface area (Å²) < 4.78 is 29.3. The van der Waals surface area contributed by atoms with E-state index in [1.807, 2.05) is 24.3 Å². The monoisotopic (exact) mass is 526 g/mol. The number of carbonyl (C=O) groups is 2. The van der Waals surface area contributed by atoms with Crippen LogP contribution in [0.4, 0.5) is 0 Å². The Morgan fingerprint density at radius 1 is 0.658 bits per heavy atom.